The molecule has 0 bridgehead atoms. The average molecular weight is 351 g/mol. The van der Waals surface area contributed by atoms with Gasteiger partial charge in [0.1, 0.15) is 0 Å². The third-order valence-electron chi connectivity index (χ3n) is 5.63. The highest BCUT2D eigenvalue weighted by atomic mass is 79.9. The number of rotatable bonds is 4. The predicted octanol–water partition coefficient (Wildman–Crippen LogP) is 4.19. The molecule has 2 unspecified atom stereocenters. The summed E-state index contributed by atoms with van der Waals surface area (Å²) >= 11 is 3.60. The molecule has 1 aliphatic carbocycles. The molecule has 1 aliphatic heterocycles. The number of piperazine rings is 1. The van der Waals surface area contributed by atoms with Gasteiger partial charge < -0.3 is 5.32 Å². The molecule has 0 aromatic heterocycles. The van der Waals surface area contributed by atoms with Gasteiger partial charge in [0, 0.05) is 35.2 Å². The van der Waals surface area contributed by atoms with E-state index in [2.05, 4.69) is 71.2 Å². The van der Waals surface area contributed by atoms with Crippen LogP contribution in [0.15, 0.2) is 28.7 Å². The summed E-state index contributed by atoms with van der Waals surface area (Å²) in [4.78, 5) is 2.74. The molecular formula is C18H27BrN2. The second kappa shape index (κ2) is 5.68. The van der Waals surface area contributed by atoms with Gasteiger partial charge in [0.15, 0.2) is 0 Å². The van der Waals surface area contributed by atoms with E-state index in [0.29, 0.717) is 5.54 Å². The van der Waals surface area contributed by atoms with Gasteiger partial charge in [-0.25, -0.2) is 0 Å². The van der Waals surface area contributed by atoms with E-state index in [1.807, 2.05) is 0 Å². The van der Waals surface area contributed by atoms with Crippen molar-refractivity contribution in [3.8, 4) is 0 Å². The van der Waals surface area contributed by atoms with Crippen LogP contribution in [0.3, 0.4) is 0 Å². The van der Waals surface area contributed by atoms with Gasteiger partial charge in [0.25, 0.3) is 0 Å². The Balaban J connectivity index is 1.83. The fraction of sp³-hybridized carbons (Fsp3) is 0.667. The maximum absolute atomic E-state index is 3.83. The van der Waals surface area contributed by atoms with Crippen LogP contribution in [-0.4, -0.2) is 29.1 Å². The van der Waals surface area contributed by atoms with E-state index < -0.39 is 0 Å². The molecule has 2 fully saturated rings. The lowest BCUT2D eigenvalue weighted by molar-refractivity contribution is -0.00135. The van der Waals surface area contributed by atoms with Crippen LogP contribution in [0.5, 0.6) is 0 Å². The summed E-state index contributed by atoms with van der Waals surface area (Å²) in [5.41, 5.74) is 1.98. The molecule has 3 heteroatoms. The van der Waals surface area contributed by atoms with Gasteiger partial charge in [-0.2, -0.15) is 0 Å². The molecule has 1 saturated heterocycles. The second-order valence-corrected chi connectivity index (χ2v) is 8.30. The highest BCUT2D eigenvalue weighted by Gasteiger charge is 2.50. The lowest BCUT2D eigenvalue weighted by Crippen LogP contribution is -2.68. The van der Waals surface area contributed by atoms with Gasteiger partial charge in [0.2, 0.25) is 0 Å². The molecule has 2 nitrogen and oxygen atoms in total. The van der Waals surface area contributed by atoms with Gasteiger partial charge in [-0.15, -0.1) is 0 Å². The minimum atomic E-state index is 0.250. The Morgan fingerprint density at radius 1 is 1.33 bits per heavy atom. The van der Waals surface area contributed by atoms with Crippen molar-refractivity contribution in [3.63, 3.8) is 0 Å². The summed E-state index contributed by atoms with van der Waals surface area (Å²) < 4.78 is 1.18. The number of benzene rings is 1. The Kier molecular flexibility index (Phi) is 4.19. The largest absolute Gasteiger partial charge is 0.308 e. The third kappa shape index (κ3) is 3.20. The fourth-order valence-electron chi connectivity index (χ4n) is 3.60. The van der Waals surface area contributed by atoms with Crippen molar-refractivity contribution in [3.05, 3.63) is 34.3 Å². The van der Waals surface area contributed by atoms with E-state index in [0.717, 1.165) is 25.6 Å². The molecule has 2 atom stereocenters. The summed E-state index contributed by atoms with van der Waals surface area (Å²) in [5, 5.41) is 3.83. The molecule has 1 saturated carbocycles. The zero-order valence-corrected chi connectivity index (χ0v) is 15.0. The third-order valence-corrected chi connectivity index (χ3v) is 6.13. The number of hydrogen-bond acceptors (Lipinski definition) is 2. The molecule has 21 heavy (non-hydrogen) atoms. The minimum absolute atomic E-state index is 0.250. The smallest absolute Gasteiger partial charge is 0.0338 e. The van der Waals surface area contributed by atoms with Crippen molar-refractivity contribution in [1.82, 2.24) is 10.2 Å². The standard InChI is InChI=1S/C18H27BrN2/c1-4-17(2)13-21(11-14-6-5-7-16(19)10-14)18(3,12-20-17)15-8-9-15/h5-7,10,15,20H,4,8-9,11-13H2,1-3H3. The second-order valence-electron chi connectivity index (χ2n) is 7.39. The molecular weight excluding hydrogens is 324 g/mol. The normalized spacial score (nSPS) is 34.1. The SMILES string of the molecule is CCC1(C)CN(Cc2cccc(Br)c2)C(C)(C2CC2)CN1. The lowest BCUT2D eigenvalue weighted by atomic mass is 9.84. The molecule has 0 radical (unpaired) electrons. The molecule has 2 aliphatic rings. The molecule has 0 spiro atoms. The van der Waals surface area contributed by atoms with Gasteiger partial charge in [0.05, 0.1) is 0 Å². The fourth-order valence-corrected chi connectivity index (χ4v) is 4.05. The minimum Gasteiger partial charge on any atom is -0.308 e. The van der Waals surface area contributed by atoms with Crippen molar-refractivity contribution in [2.24, 2.45) is 5.92 Å². The highest BCUT2D eigenvalue weighted by molar-refractivity contribution is 9.10. The zero-order chi connectivity index (χ0) is 15.1. The van der Waals surface area contributed by atoms with Crippen LogP contribution in [0.25, 0.3) is 0 Å². The first-order valence-corrected chi connectivity index (χ1v) is 8.99. The molecule has 1 aromatic carbocycles. The van der Waals surface area contributed by atoms with Crippen LogP contribution >= 0.6 is 15.9 Å². The lowest BCUT2D eigenvalue weighted by Gasteiger charge is -2.53. The number of hydrogen-bond donors (Lipinski definition) is 1. The molecule has 1 aromatic rings. The zero-order valence-electron chi connectivity index (χ0n) is 13.5. The van der Waals surface area contributed by atoms with E-state index in [4.69, 9.17) is 0 Å². The Morgan fingerprint density at radius 3 is 2.71 bits per heavy atom. The van der Waals surface area contributed by atoms with Crippen molar-refractivity contribution in [2.45, 2.75) is 57.7 Å². The van der Waals surface area contributed by atoms with E-state index in [-0.39, 0.29) is 5.54 Å². The summed E-state index contributed by atoms with van der Waals surface area (Å²) in [7, 11) is 0. The highest BCUT2D eigenvalue weighted by Crippen LogP contribution is 2.45. The van der Waals surface area contributed by atoms with Crippen LogP contribution in [0, 0.1) is 5.92 Å². The van der Waals surface area contributed by atoms with Crippen LogP contribution in [0.1, 0.15) is 45.6 Å². The van der Waals surface area contributed by atoms with E-state index in [9.17, 15) is 0 Å². The monoisotopic (exact) mass is 350 g/mol. The van der Waals surface area contributed by atoms with Gasteiger partial charge >= 0.3 is 0 Å². The molecule has 1 heterocycles. The molecule has 116 valence electrons. The maximum atomic E-state index is 3.83. The van der Waals surface area contributed by atoms with Crippen LogP contribution < -0.4 is 5.32 Å². The number of nitrogens with one attached hydrogen (secondary N) is 1. The van der Waals surface area contributed by atoms with Gasteiger partial charge in [-0.1, -0.05) is 35.0 Å². The van der Waals surface area contributed by atoms with Gasteiger partial charge in [-0.05, 0) is 56.7 Å². The van der Waals surface area contributed by atoms with E-state index in [1.165, 1.54) is 29.3 Å². The molecule has 3 rings (SSSR count). The van der Waals surface area contributed by atoms with Crippen molar-refractivity contribution in [1.29, 1.82) is 0 Å². The van der Waals surface area contributed by atoms with E-state index >= 15 is 0 Å². The topological polar surface area (TPSA) is 15.3 Å². The average Bonchev–Trinajstić information content (AvgIpc) is 3.28. The molecule has 1 N–H and O–H groups in total. The van der Waals surface area contributed by atoms with Crippen molar-refractivity contribution < 1.29 is 0 Å². The van der Waals surface area contributed by atoms with Crippen molar-refractivity contribution >= 4 is 15.9 Å². The van der Waals surface area contributed by atoms with Crippen LogP contribution in [0.4, 0.5) is 0 Å². The van der Waals surface area contributed by atoms with Crippen molar-refractivity contribution in [2.75, 3.05) is 13.1 Å². The maximum Gasteiger partial charge on any atom is 0.0338 e. The number of nitrogens with zero attached hydrogens (tertiary/aromatic N) is 1. The summed E-state index contributed by atoms with van der Waals surface area (Å²) in [6.45, 7) is 10.4. The van der Waals surface area contributed by atoms with E-state index in [1.54, 1.807) is 0 Å². The summed E-state index contributed by atoms with van der Waals surface area (Å²) in [5.74, 6) is 0.874. The summed E-state index contributed by atoms with van der Waals surface area (Å²) in [6, 6.07) is 8.77. The first-order chi connectivity index (χ1) is 9.95. The summed E-state index contributed by atoms with van der Waals surface area (Å²) in [6.07, 6.45) is 3.98. The Hall–Kier alpha value is -0.380. The van der Waals surface area contributed by atoms with Gasteiger partial charge in [-0.3, -0.25) is 4.90 Å². The quantitative estimate of drug-likeness (QED) is 0.875. The Morgan fingerprint density at radius 2 is 2.10 bits per heavy atom. The Bertz CT molecular complexity index is 514. The Labute approximate surface area is 137 Å². The van der Waals surface area contributed by atoms with Crippen LogP contribution in [-0.2, 0) is 6.54 Å². The predicted molar refractivity (Wildman–Crippen MR) is 92.4 cm³/mol. The number of halogens is 1. The molecule has 0 amide bonds. The van der Waals surface area contributed by atoms with Crippen LogP contribution in [0.2, 0.25) is 0 Å². The first kappa shape index (κ1) is 15.5. The first-order valence-electron chi connectivity index (χ1n) is 8.20.